The average Bonchev–Trinajstić information content (AvgIpc) is 2.73. The van der Waals surface area contributed by atoms with Crippen molar-refractivity contribution in [2.75, 3.05) is 6.26 Å². The topological polar surface area (TPSA) is 76.1 Å². The third kappa shape index (κ3) is 3.21. The average molecular weight is 388 g/mol. The van der Waals surface area contributed by atoms with Crippen molar-refractivity contribution in [3.63, 3.8) is 0 Å². The monoisotopic (exact) mass is 388 g/mol. The molecule has 4 rings (SSSR count). The maximum atomic E-state index is 13.2. The van der Waals surface area contributed by atoms with Crippen LogP contribution in [0, 0.1) is 11.3 Å². The highest BCUT2D eigenvalue weighted by Gasteiger charge is 2.40. The molecular weight excluding hydrogens is 368 g/mol. The van der Waals surface area contributed by atoms with Gasteiger partial charge in [0.25, 0.3) is 0 Å². The zero-order valence-electron chi connectivity index (χ0n) is 15.5. The van der Waals surface area contributed by atoms with Crippen molar-refractivity contribution in [1.82, 2.24) is 0 Å². The summed E-state index contributed by atoms with van der Waals surface area (Å²) >= 11 is 1.65. The van der Waals surface area contributed by atoms with E-state index in [0.29, 0.717) is 29.7 Å². The predicted octanol–water partition coefficient (Wildman–Crippen LogP) is 4.62. The molecule has 28 heavy (non-hydrogen) atoms. The zero-order valence-corrected chi connectivity index (χ0v) is 16.3. The molecule has 0 saturated carbocycles. The Balaban J connectivity index is 1.77. The maximum Gasteiger partial charge on any atom is 0.205 e. The molecule has 2 aromatic carbocycles. The van der Waals surface area contributed by atoms with Gasteiger partial charge in [-0.2, -0.15) is 5.26 Å². The smallest absolute Gasteiger partial charge is 0.205 e. The molecule has 0 unspecified atom stereocenters. The van der Waals surface area contributed by atoms with Crippen LogP contribution in [0.5, 0.6) is 0 Å². The summed E-state index contributed by atoms with van der Waals surface area (Å²) in [4.78, 5) is 14.3. The number of rotatable bonds is 3. The Morgan fingerprint density at radius 2 is 1.79 bits per heavy atom. The minimum absolute atomic E-state index is 0.0225. The first kappa shape index (κ1) is 18.4. The van der Waals surface area contributed by atoms with Crippen LogP contribution in [0.15, 0.2) is 82.3 Å². The number of allylic oxidation sites excluding steroid dienone is 3. The second-order valence-electron chi connectivity index (χ2n) is 6.97. The molecule has 2 aliphatic rings. The highest BCUT2D eigenvalue weighted by Crippen LogP contribution is 2.46. The second kappa shape index (κ2) is 7.57. The van der Waals surface area contributed by atoms with Gasteiger partial charge in [-0.15, -0.1) is 11.8 Å². The largest absolute Gasteiger partial charge is 0.444 e. The van der Waals surface area contributed by atoms with Crippen LogP contribution in [0.3, 0.4) is 0 Å². The van der Waals surface area contributed by atoms with Crippen LogP contribution in [-0.2, 0) is 9.53 Å². The number of ketones is 1. The quantitative estimate of drug-likeness (QED) is 0.777. The van der Waals surface area contributed by atoms with E-state index in [9.17, 15) is 10.1 Å². The van der Waals surface area contributed by atoms with E-state index in [4.69, 9.17) is 10.5 Å². The van der Waals surface area contributed by atoms with E-state index in [0.717, 1.165) is 16.0 Å². The molecule has 140 valence electrons. The van der Waals surface area contributed by atoms with Gasteiger partial charge in [0.1, 0.15) is 17.4 Å². The third-order valence-electron chi connectivity index (χ3n) is 5.38. The van der Waals surface area contributed by atoms with Crippen molar-refractivity contribution in [3.05, 3.63) is 88.5 Å². The van der Waals surface area contributed by atoms with E-state index in [1.165, 1.54) is 0 Å². The van der Waals surface area contributed by atoms with E-state index in [2.05, 4.69) is 6.07 Å². The van der Waals surface area contributed by atoms with Gasteiger partial charge in [0, 0.05) is 23.3 Å². The summed E-state index contributed by atoms with van der Waals surface area (Å²) in [6.45, 7) is 0. The van der Waals surface area contributed by atoms with Crippen molar-refractivity contribution in [3.8, 4) is 6.07 Å². The highest BCUT2D eigenvalue weighted by atomic mass is 32.2. The van der Waals surface area contributed by atoms with Crippen LogP contribution in [-0.4, -0.2) is 12.0 Å². The third-order valence-corrected chi connectivity index (χ3v) is 6.12. The van der Waals surface area contributed by atoms with Gasteiger partial charge in [-0.25, -0.2) is 0 Å². The van der Waals surface area contributed by atoms with Crippen LogP contribution in [0.2, 0.25) is 0 Å². The van der Waals surface area contributed by atoms with E-state index in [-0.39, 0.29) is 17.6 Å². The fourth-order valence-electron chi connectivity index (χ4n) is 4.00. The number of nitrogens with zero attached hydrogens (tertiary/aromatic N) is 1. The molecule has 0 bridgehead atoms. The van der Waals surface area contributed by atoms with Gasteiger partial charge in [0.05, 0.1) is 5.92 Å². The molecule has 5 heteroatoms. The van der Waals surface area contributed by atoms with Crippen LogP contribution < -0.4 is 5.73 Å². The Kier molecular flexibility index (Phi) is 4.97. The van der Waals surface area contributed by atoms with Crippen LogP contribution in [0.1, 0.15) is 35.8 Å². The summed E-state index contributed by atoms with van der Waals surface area (Å²) < 4.78 is 5.80. The number of benzene rings is 2. The van der Waals surface area contributed by atoms with Crippen molar-refractivity contribution < 1.29 is 9.53 Å². The molecule has 1 aliphatic carbocycles. The molecular formula is C23H20N2O2S. The lowest BCUT2D eigenvalue weighted by Gasteiger charge is -2.34. The lowest BCUT2D eigenvalue weighted by molar-refractivity contribution is -0.117. The molecule has 0 fully saturated rings. The number of thioether (sulfide) groups is 1. The van der Waals surface area contributed by atoms with Gasteiger partial charge in [0.2, 0.25) is 5.88 Å². The number of hydrogen-bond donors (Lipinski definition) is 1. The Morgan fingerprint density at radius 1 is 1.07 bits per heavy atom. The lowest BCUT2D eigenvalue weighted by Crippen LogP contribution is -2.29. The molecule has 2 N–H and O–H groups in total. The minimum atomic E-state index is -0.464. The molecule has 2 atom stereocenters. The molecule has 4 nitrogen and oxygen atoms in total. The van der Waals surface area contributed by atoms with Gasteiger partial charge >= 0.3 is 0 Å². The van der Waals surface area contributed by atoms with Crippen molar-refractivity contribution in [2.45, 2.75) is 29.6 Å². The number of nitriles is 1. The molecule has 0 amide bonds. The van der Waals surface area contributed by atoms with Gasteiger partial charge in [-0.1, -0.05) is 42.5 Å². The SMILES string of the molecule is CSc1ccc([C@H]2C(C#N)=C(N)OC3=C2C(=O)C[C@H](c2ccccc2)C3)cc1. The Bertz CT molecular complexity index is 1020. The first-order valence-electron chi connectivity index (χ1n) is 9.15. The normalized spacial score (nSPS) is 21.8. The minimum Gasteiger partial charge on any atom is -0.444 e. The highest BCUT2D eigenvalue weighted by molar-refractivity contribution is 7.98. The summed E-state index contributed by atoms with van der Waals surface area (Å²) in [6.07, 6.45) is 3.02. The maximum absolute atomic E-state index is 13.2. The van der Waals surface area contributed by atoms with Gasteiger partial charge in [-0.05, 0) is 35.4 Å². The zero-order chi connectivity index (χ0) is 19.7. The number of ether oxygens (including phenoxy) is 1. The predicted molar refractivity (Wildman–Crippen MR) is 109 cm³/mol. The summed E-state index contributed by atoms with van der Waals surface area (Å²) in [5.41, 5.74) is 8.98. The Labute approximate surface area is 168 Å². The standard InChI is InChI=1S/C23H20N2O2S/c1-28-17-9-7-15(8-10-17)21-18(13-24)23(25)27-20-12-16(11-19(26)22(20)21)14-5-3-2-4-6-14/h2-10,16,21H,11-12,25H2,1H3/t16-,21-/m0/s1. The second-order valence-corrected chi connectivity index (χ2v) is 7.85. The number of carbonyl (C=O) groups excluding carboxylic acids is 1. The summed E-state index contributed by atoms with van der Waals surface area (Å²) in [6, 6.07) is 20.1. The van der Waals surface area contributed by atoms with Crippen molar-refractivity contribution >= 4 is 17.5 Å². The van der Waals surface area contributed by atoms with E-state index >= 15 is 0 Å². The first-order chi connectivity index (χ1) is 13.6. The van der Waals surface area contributed by atoms with Crippen LogP contribution in [0.4, 0.5) is 0 Å². The summed E-state index contributed by atoms with van der Waals surface area (Å²) in [5, 5.41) is 9.69. The molecule has 0 aromatic heterocycles. The molecule has 1 aliphatic heterocycles. The van der Waals surface area contributed by atoms with Crippen LogP contribution in [0.25, 0.3) is 0 Å². The molecule has 0 saturated heterocycles. The van der Waals surface area contributed by atoms with Gasteiger partial charge in [-0.3, -0.25) is 4.79 Å². The van der Waals surface area contributed by atoms with Gasteiger partial charge < -0.3 is 10.5 Å². The summed E-state index contributed by atoms with van der Waals surface area (Å²) in [5.74, 6) is 0.314. The molecule has 1 heterocycles. The van der Waals surface area contributed by atoms with E-state index < -0.39 is 5.92 Å². The number of nitrogens with two attached hydrogens (primary N) is 1. The fraction of sp³-hybridized carbons (Fsp3) is 0.217. The molecule has 0 radical (unpaired) electrons. The molecule has 2 aromatic rings. The number of hydrogen-bond acceptors (Lipinski definition) is 5. The van der Waals surface area contributed by atoms with E-state index in [1.54, 1.807) is 11.8 Å². The number of carbonyl (C=O) groups is 1. The van der Waals surface area contributed by atoms with Crippen molar-refractivity contribution in [2.24, 2.45) is 5.73 Å². The van der Waals surface area contributed by atoms with Gasteiger partial charge in [0.15, 0.2) is 5.78 Å². The van der Waals surface area contributed by atoms with E-state index in [1.807, 2.05) is 60.9 Å². The fourth-order valence-corrected chi connectivity index (χ4v) is 4.41. The number of Topliss-reactive ketones (excluding diaryl/α,β-unsaturated/α-hetero) is 1. The molecule has 0 spiro atoms. The summed E-state index contributed by atoms with van der Waals surface area (Å²) in [7, 11) is 0. The Morgan fingerprint density at radius 3 is 2.43 bits per heavy atom. The Hall–Kier alpha value is -2.97. The first-order valence-corrected chi connectivity index (χ1v) is 10.4. The lowest BCUT2D eigenvalue weighted by atomic mass is 9.73. The van der Waals surface area contributed by atoms with Crippen molar-refractivity contribution in [1.29, 1.82) is 5.26 Å². The van der Waals surface area contributed by atoms with Crippen LogP contribution >= 0.6 is 11.8 Å².